The van der Waals surface area contributed by atoms with Gasteiger partial charge in [-0.05, 0) is 80.5 Å². The minimum Gasteiger partial charge on any atom is -0.303 e. The lowest BCUT2D eigenvalue weighted by molar-refractivity contribution is -0.108. The summed E-state index contributed by atoms with van der Waals surface area (Å²) in [5, 5.41) is 9.62. The van der Waals surface area contributed by atoms with Crippen molar-refractivity contribution in [2.75, 3.05) is 0 Å². The number of nitriles is 1. The zero-order chi connectivity index (χ0) is 17.3. The van der Waals surface area contributed by atoms with Gasteiger partial charge in [-0.1, -0.05) is 24.6 Å². The van der Waals surface area contributed by atoms with E-state index in [4.69, 9.17) is 0 Å². The molecule has 3 aliphatic rings. The normalized spacial score (nSPS) is 46.0. The lowest BCUT2D eigenvalue weighted by Gasteiger charge is -2.55. The van der Waals surface area contributed by atoms with Crippen molar-refractivity contribution < 1.29 is 4.79 Å². The van der Waals surface area contributed by atoms with Crippen LogP contribution in [0.25, 0.3) is 0 Å². The molecule has 0 heterocycles. The third-order valence-electron chi connectivity index (χ3n) is 7.77. The van der Waals surface area contributed by atoms with Crippen LogP contribution in [0.3, 0.4) is 0 Å². The molecule has 130 valence electrons. The van der Waals surface area contributed by atoms with Gasteiger partial charge < -0.3 is 4.79 Å². The molecule has 24 heavy (non-hydrogen) atoms. The highest BCUT2D eigenvalue weighted by molar-refractivity contribution is 5.49. The molecule has 2 nitrogen and oxygen atoms in total. The summed E-state index contributed by atoms with van der Waals surface area (Å²) >= 11 is 0. The number of allylic oxidation sites excluding steroid dienone is 3. The molecule has 0 spiro atoms. The first-order chi connectivity index (χ1) is 11.6. The van der Waals surface area contributed by atoms with Crippen LogP contribution in [0.4, 0.5) is 0 Å². The fourth-order valence-electron chi connectivity index (χ4n) is 6.58. The zero-order valence-corrected chi connectivity index (χ0v) is 15.2. The Bertz CT molecular complexity index is 571. The minimum atomic E-state index is 0.194. The van der Waals surface area contributed by atoms with Gasteiger partial charge in [0.1, 0.15) is 6.29 Å². The number of carbonyl (C=O) groups is 1. The fraction of sp³-hybridized carbons (Fsp3) is 0.727. The first kappa shape index (κ1) is 17.5. The smallest absolute Gasteiger partial charge is 0.120 e. The van der Waals surface area contributed by atoms with Gasteiger partial charge in [-0.2, -0.15) is 5.26 Å². The quantitative estimate of drug-likeness (QED) is 0.518. The molecule has 3 rings (SSSR count). The lowest BCUT2D eigenvalue weighted by Crippen LogP contribution is -2.48. The average molecular weight is 325 g/mol. The predicted molar refractivity (Wildman–Crippen MR) is 97.0 cm³/mol. The van der Waals surface area contributed by atoms with Gasteiger partial charge in [0.2, 0.25) is 0 Å². The van der Waals surface area contributed by atoms with E-state index in [2.05, 4.69) is 38.6 Å². The van der Waals surface area contributed by atoms with E-state index in [0.717, 1.165) is 25.5 Å². The van der Waals surface area contributed by atoms with E-state index in [1.54, 1.807) is 5.57 Å². The molecule has 3 aliphatic carbocycles. The van der Waals surface area contributed by atoms with Crippen LogP contribution in [0, 0.1) is 52.3 Å². The maximum absolute atomic E-state index is 11.0. The van der Waals surface area contributed by atoms with Crippen LogP contribution in [-0.2, 0) is 4.79 Å². The number of hydrogen-bond donors (Lipinski definition) is 0. The van der Waals surface area contributed by atoms with E-state index in [9.17, 15) is 10.1 Å². The van der Waals surface area contributed by atoms with Crippen molar-refractivity contribution in [3.63, 3.8) is 0 Å². The van der Waals surface area contributed by atoms with Crippen LogP contribution in [0.15, 0.2) is 24.3 Å². The van der Waals surface area contributed by atoms with Crippen molar-refractivity contribution >= 4 is 6.29 Å². The molecule has 0 N–H and O–H groups in total. The number of fused-ring (bicyclic) bond motifs is 3. The van der Waals surface area contributed by atoms with E-state index in [0.29, 0.717) is 36.0 Å². The van der Waals surface area contributed by atoms with Crippen LogP contribution in [-0.4, -0.2) is 6.29 Å². The summed E-state index contributed by atoms with van der Waals surface area (Å²) in [4.78, 5) is 11.0. The van der Waals surface area contributed by atoms with E-state index in [1.165, 1.54) is 19.3 Å². The van der Waals surface area contributed by atoms with Crippen LogP contribution in [0.2, 0.25) is 0 Å². The SMILES string of the molecule is C=CC1C/C(=C/C)C(CCC=O)C2CCC3(C)C(CC[C@@H]3C#N)C12. The molecule has 3 fully saturated rings. The molecule has 0 amide bonds. The molecule has 0 radical (unpaired) electrons. The van der Waals surface area contributed by atoms with E-state index < -0.39 is 0 Å². The summed E-state index contributed by atoms with van der Waals surface area (Å²) in [7, 11) is 0. The monoisotopic (exact) mass is 325 g/mol. The highest BCUT2D eigenvalue weighted by Gasteiger charge is 2.57. The Morgan fingerprint density at radius 2 is 2.17 bits per heavy atom. The molecule has 0 saturated heterocycles. The second-order valence-corrected chi connectivity index (χ2v) is 8.47. The molecule has 0 aromatic rings. The Labute approximate surface area is 147 Å². The van der Waals surface area contributed by atoms with E-state index >= 15 is 0 Å². The molecule has 0 aliphatic heterocycles. The van der Waals surface area contributed by atoms with Gasteiger partial charge in [-0.25, -0.2) is 0 Å². The van der Waals surface area contributed by atoms with Crippen molar-refractivity contribution in [1.29, 1.82) is 5.26 Å². The minimum absolute atomic E-state index is 0.194. The van der Waals surface area contributed by atoms with Crippen LogP contribution >= 0.6 is 0 Å². The summed E-state index contributed by atoms with van der Waals surface area (Å²) in [5.41, 5.74) is 1.74. The summed E-state index contributed by atoms with van der Waals surface area (Å²) in [6, 6.07) is 2.61. The average Bonchev–Trinajstić information content (AvgIpc) is 2.95. The van der Waals surface area contributed by atoms with Gasteiger partial charge in [0.15, 0.2) is 0 Å². The number of rotatable bonds is 4. The van der Waals surface area contributed by atoms with Crippen molar-refractivity contribution in [3.8, 4) is 6.07 Å². The standard InChI is InChI=1S/C22H31NO/c1-4-15-13-16(5-2)21-19(18(15)7-6-12-24)10-11-22(3)17(14-23)8-9-20(21)22/h4-5,12,16-21H,2,6-11,13H2,1,3H3/b15-4-/t16?,17-,18?,19?,20?,21?,22?/m1/s1. The Kier molecular flexibility index (Phi) is 5.00. The zero-order valence-electron chi connectivity index (χ0n) is 15.2. The Hall–Kier alpha value is -1.36. The van der Waals surface area contributed by atoms with E-state index in [1.807, 2.05) is 0 Å². The van der Waals surface area contributed by atoms with Crippen LogP contribution < -0.4 is 0 Å². The Morgan fingerprint density at radius 1 is 1.38 bits per heavy atom. The van der Waals surface area contributed by atoms with Gasteiger partial charge in [0.05, 0.1) is 12.0 Å². The Morgan fingerprint density at radius 3 is 2.79 bits per heavy atom. The summed E-state index contributed by atoms with van der Waals surface area (Å²) in [5.74, 6) is 3.30. The van der Waals surface area contributed by atoms with Crippen molar-refractivity contribution in [2.24, 2.45) is 40.9 Å². The maximum Gasteiger partial charge on any atom is 0.120 e. The third-order valence-corrected chi connectivity index (χ3v) is 7.77. The number of hydrogen-bond acceptors (Lipinski definition) is 2. The third kappa shape index (κ3) is 2.57. The first-order valence-electron chi connectivity index (χ1n) is 9.71. The molecule has 0 bridgehead atoms. The molecular formula is C22H31NO. The second kappa shape index (κ2) is 6.87. The highest BCUT2D eigenvalue weighted by atomic mass is 16.1. The second-order valence-electron chi connectivity index (χ2n) is 8.47. The van der Waals surface area contributed by atoms with Gasteiger partial charge >= 0.3 is 0 Å². The first-order valence-corrected chi connectivity index (χ1v) is 9.71. The molecular weight excluding hydrogens is 294 g/mol. The summed E-state index contributed by atoms with van der Waals surface area (Å²) in [6.45, 7) is 8.69. The van der Waals surface area contributed by atoms with Gasteiger partial charge in [-0.3, -0.25) is 0 Å². The Balaban J connectivity index is 1.95. The van der Waals surface area contributed by atoms with Crippen molar-refractivity contribution in [1.82, 2.24) is 0 Å². The molecule has 2 heteroatoms. The highest BCUT2D eigenvalue weighted by Crippen LogP contribution is 2.64. The molecule has 0 aromatic heterocycles. The summed E-state index contributed by atoms with van der Waals surface area (Å²) in [6.07, 6.45) is 13.0. The lowest BCUT2D eigenvalue weighted by atomic mass is 9.49. The van der Waals surface area contributed by atoms with Crippen LogP contribution in [0.1, 0.15) is 58.8 Å². The van der Waals surface area contributed by atoms with Crippen molar-refractivity contribution in [2.45, 2.75) is 58.8 Å². The molecule has 7 atom stereocenters. The summed E-state index contributed by atoms with van der Waals surface area (Å²) < 4.78 is 0. The maximum atomic E-state index is 11.0. The topological polar surface area (TPSA) is 40.9 Å². The largest absolute Gasteiger partial charge is 0.303 e. The number of carbonyl (C=O) groups excluding carboxylic acids is 1. The van der Waals surface area contributed by atoms with E-state index in [-0.39, 0.29) is 11.3 Å². The molecule has 6 unspecified atom stereocenters. The molecule has 3 saturated carbocycles. The van der Waals surface area contributed by atoms with Gasteiger partial charge in [0.25, 0.3) is 0 Å². The number of nitrogens with zero attached hydrogens (tertiary/aromatic N) is 1. The molecule has 0 aromatic carbocycles. The van der Waals surface area contributed by atoms with Crippen LogP contribution in [0.5, 0.6) is 0 Å². The van der Waals surface area contributed by atoms with Crippen molar-refractivity contribution in [3.05, 3.63) is 24.3 Å². The fourth-order valence-corrected chi connectivity index (χ4v) is 6.58. The van der Waals surface area contributed by atoms with Gasteiger partial charge in [0, 0.05) is 6.42 Å². The predicted octanol–water partition coefficient (Wildman–Crippen LogP) is 5.32. The van der Waals surface area contributed by atoms with Gasteiger partial charge in [-0.15, -0.1) is 6.58 Å². The number of aldehydes is 1.